The van der Waals surface area contributed by atoms with Gasteiger partial charge in [-0.15, -0.1) is 0 Å². The number of hydrogen-bond donors (Lipinski definition) is 1. The largest absolute Gasteiger partial charge is 0.366 e. The van der Waals surface area contributed by atoms with Gasteiger partial charge in [-0.05, 0) is 18.2 Å². The molecule has 3 heteroatoms. The van der Waals surface area contributed by atoms with Crippen molar-refractivity contribution >= 4 is 7.28 Å². The molecule has 12 heavy (non-hydrogen) atoms. The van der Waals surface area contributed by atoms with Crippen LogP contribution >= 0.6 is 0 Å². The van der Waals surface area contributed by atoms with Gasteiger partial charge in [0.15, 0.2) is 5.79 Å². The maximum Gasteiger partial charge on any atom is 0.158 e. The Kier molecular flexibility index (Phi) is 2.55. The van der Waals surface area contributed by atoms with E-state index in [4.69, 9.17) is 4.74 Å². The maximum absolute atomic E-state index is 9.83. The predicted molar refractivity (Wildman–Crippen MR) is 51.7 cm³/mol. The van der Waals surface area contributed by atoms with Crippen LogP contribution in [0.15, 0.2) is 0 Å². The normalized spacial score (nSPS) is 41.6. The quantitative estimate of drug-likeness (QED) is 0.557. The minimum absolute atomic E-state index is 0.217. The van der Waals surface area contributed by atoms with Gasteiger partial charge in [0.1, 0.15) is 7.28 Å². The van der Waals surface area contributed by atoms with Crippen molar-refractivity contribution in [2.75, 3.05) is 6.61 Å². The van der Waals surface area contributed by atoms with Crippen LogP contribution in [0, 0.1) is 5.41 Å². The molecule has 1 rings (SSSR count). The lowest BCUT2D eigenvalue weighted by molar-refractivity contribution is -0.199. The molecule has 2 atom stereocenters. The second kappa shape index (κ2) is 3.04. The molecular formula is C9H19BO2. The zero-order valence-electron chi connectivity index (χ0n) is 8.55. The van der Waals surface area contributed by atoms with E-state index < -0.39 is 5.79 Å². The van der Waals surface area contributed by atoms with Crippen molar-refractivity contribution in [3.05, 3.63) is 0 Å². The molecule has 0 spiro atoms. The number of ether oxygens (including phenoxy) is 1. The maximum atomic E-state index is 9.83. The Morgan fingerprint density at radius 3 is 2.58 bits per heavy atom. The molecule has 1 fully saturated rings. The molecule has 0 amide bonds. The summed E-state index contributed by atoms with van der Waals surface area (Å²) in [5, 5.41) is 9.83. The average molecular weight is 170 g/mol. The van der Waals surface area contributed by atoms with Gasteiger partial charge in [0.25, 0.3) is 0 Å². The Balaban J connectivity index is 2.66. The molecule has 0 aromatic heterocycles. The molecular weight excluding hydrogens is 151 g/mol. The summed E-state index contributed by atoms with van der Waals surface area (Å²) in [5.74, 6) is -0.687. The van der Waals surface area contributed by atoms with Gasteiger partial charge < -0.3 is 9.84 Å². The third kappa shape index (κ3) is 2.24. The molecule has 0 radical (unpaired) electrons. The molecule has 0 bridgehead atoms. The first kappa shape index (κ1) is 10.1. The highest BCUT2D eigenvalue weighted by molar-refractivity contribution is 6.38. The van der Waals surface area contributed by atoms with Gasteiger partial charge in [-0.2, -0.15) is 0 Å². The second-order valence-corrected chi connectivity index (χ2v) is 4.95. The molecule has 0 aliphatic carbocycles. The smallest absolute Gasteiger partial charge is 0.158 e. The minimum Gasteiger partial charge on any atom is -0.366 e. The Morgan fingerprint density at radius 1 is 1.42 bits per heavy atom. The average Bonchev–Trinajstić information content (AvgIpc) is 2.03. The van der Waals surface area contributed by atoms with E-state index >= 15 is 0 Å². The molecule has 2 unspecified atom stereocenters. The van der Waals surface area contributed by atoms with E-state index in [0.717, 1.165) is 13.6 Å². The van der Waals surface area contributed by atoms with Gasteiger partial charge in [0.2, 0.25) is 0 Å². The Labute approximate surface area is 75.5 Å². The monoisotopic (exact) mass is 170 g/mol. The van der Waals surface area contributed by atoms with Crippen molar-refractivity contribution in [1.82, 2.24) is 0 Å². The summed E-state index contributed by atoms with van der Waals surface area (Å²) in [6.45, 7) is 8.83. The van der Waals surface area contributed by atoms with E-state index in [2.05, 4.69) is 13.8 Å². The molecule has 1 aliphatic rings. The summed E-state index contributed by atoms with van der Waals surface area (Å²) < 4.78 is 5.47. The van der Waals surface area contributed by atoms with Crippen LogP contribution in [0.25, 0.3) is 0 Å². The van der Waals surface area contributed by atoms with E-state index in [9.17, 15) is 5.11 Å². The van der Waals surface area contributed by atoms with Crippen molar-refractivity contribution in [3.63, 3.8) is 0 Å². The van der Waals surface area contributed by atoms with E-state index in [1.165, 1.54) is 0 Å². The van der Waals surface area contributed by atoms with E-state index in [1.54, 1.807) is 6.92 Å². The molecule has 1 N–H and O–H groups in total. The van der Waals surface area contributed by atoms with Crippen molar-refractivity contribution in [2.24, 2.45) is 5.41 Å². The minimum atomic E-state index is -0.923. The molecule has 1 saturated heterocycles. The van der Waals surface area contributed by atoms with Gasteiger partial charge in [-0.3, -0.25) is 0 Å². The molecule has 0 saturated carbocycles. The fourth-order valence-corrected chi connectivity index (χ4v) is 1.43. The first-order chi connectivity index (χ1) is 5.33. The Bertz CT molecular complexity index is 166. The fourth-order valence-electron chi connectivity index (χ4n) is 1.43. The molecule has 1 aliphatic heterocycles. The topological polar surface area (TPSA) is 29.5 Å². The van der Waals surface area contributed by atoms with Crippen LogP contribution in [-0.2, 0) is 4.74 Å². The molecule has 70 valence electrons. The third-order valence-corrected chi connectivity index (χ3v) is 2.92. The van der Waals surface area contributed by atoms with E-state index in [1.807, 2.05) is 6.92 Å². The summed E-state index contributed by atoms with van der Waals surface area (Å²) in [4.78, 5) is 0. The zero-order valence-corrected chi connectivity index (χ0v) is 8.55. The van der Waals surface area contributed by atoms with Crippen LogP contribution in [-0.4, -0.2) is 24.8 Å². The third-order valence-electron chi connectivity index (χ3n) is 2.92. The lowest BCUT2D eigenvalue weighted by atomic mass is 9.55. The van der Waals surface area contributed by atoms with E-state index in [0.29, 0.717) is 6.61 Å². The highest BCUT2D eigenvalue weighted by Crippen LogP contribution is 2.34. The predicted octanol–water partition coefficient (Wildman–Crippen LogP) is 1.41. The van der Waals surface area contributed by atoms with Crippen molar-refractivity contribution in [1.29, 1.82) is 0 Å². The van der Waals surface area contributed by atoms with E-state index in [-0.39, 0.29) is 11.2 Å². The molecule has 0 aromatic carbocycles. The molecule has 2 nitrogen and oxygen atoms in total. The van der Waals surface area contributed by atoms with Crippen molar-refractivity contribution in [3.8, 4) is 0 Å². The highest BCUT2D eigenvalue weighted by Gasteiger charge is 2.36. The van der Waals surface area contributed by atoms with Crippen LogP contribution in [0.1, 0.15) is 27.7 Å². The first-order valence-corrected chi connectivity index (χ1v) is 4.70. The lowest BCUT2D eigenvalue weighted by Gasteiger charge is -2.28. The number of rotatable bonds is 0. The van der Waals surface area contributed by atoms with Crippen LogP contribution in [0.3, 0.4) is 0 Å². The highest BCUT2D eigenvalue weighted by atomic mass is 16.6. The fraction of sp³-hybridized carbons (Fsp3) is 1.00. The summed E-state index contributed by atoms with van der Waals surface area (Å²) in [7, 11) is 1.04. The standard InChI is InChI=1S/C9H19BO2/c1-7-9(4,11)12-6-8(2,3)5-10-7/h7,10-11H,5-6H2,1-4H3. The summed E-state index contributed by atoms with van der Waals surface area (Å²) in [6, 6.07) is 0. The van der Waals surface area contributed by atoms with Crippen molar-refractivity contribution in [2.45, 2.75) is 45.6 Å². The van der Waals surface area contributed by atoms with Crippen LogP contribution in [0.4, 0.5) is 0 Å². The van der Waals surface area contributed by atoms with Crippen molar-refractivity contribution < 1.29 is 9.84 Å². The van der Waals surface area contributed by atoms with Crippen LogP contribution in [0.2, 0.25) is 12.1 Å². The summed E-state index contributed by atoms with van der Waals surface area (Å²) in [5.41, 5.74) is 0.217. The van der Waals surface area contributed by atoms with Gasteiger partial charge in [0, 0.05) is 0 Å². The summed E-state index contributed by atoms with van der Waals surface area (Å²) in [6.07, 6.45) is 1.13. The Morgan fingerprint density at radius 2 is 2.00 bits per heavy atom. The van der Waals surface area contributed by atoms with Gasteiger partial charge >= 0.3 is 0 Å². The van der Waals surface area contributed by atoms with Gasteiger partial charge in [-0.25, -0.2) is 0 Å². The van der Waals surface area contributed by atoms with Crippen LogP contribution in [0.5, 0.6) is 0 Å². The molecule has 0 aromatic rings. The second-order valence-electron chi connectivity index (χ2n) is 4.95. The van der Waals surface area contributed by atoms with Crippen LogP contribution < -0.4 is 0 Å². The molecule has 1 heterocycles. The number of aliphatic hydroxyl groups is 1. The SMILES string of the molecule is CC1BCC(C)(C)COC1(C)O. The zero-order chi connectivity index (χ0) is 9.41. The first-order valence-electron chi connectivity index (χ1n) is 4.70. The number of hydrogen-bond acceptors (Lipinski definition) is 2. The lowest BCUT2D eigenvalue weighted by Crippen LogP contribution is -2.34. The van der Waals surface area contributed by atoms with Gasteiger partial charge in [0.05, 0.1) is 6.61 Å². The van der Waals surface area contributed by atoms with Gasteiger partial charge in [-0.1, -0.05) is 27.1 Å². The summed E-state index contributed by atoms with van der Waals surface area (Å²) >= 11 is 0. The Hall–Kier alpha value is -0.0151.